The zero-order valence-electron chi connectivity index (χ0n) is 15.1. The van der Waals surface area contributed by atoms with E-state index in [1.807, 2.05) is 0 Å². The van der Waals surface area contributed by atoms with Crippen LogP contribution in [-0.4, -0.2) is 30.1 Å². The highest BCUT2D eigenvalue weighted by Gasteiger charge is 2.20. The third-order valence-electron chi connectivity index (χ3n) is 5.26. The molecule has 25 heavy (non-hydrogen) atoms. The number of hydrogen-bond acceptors (Lipinski definition) is 3. The Hall–Kier alpha value is -1.36. The number of rotatable bonds is 9. The Morgan fingerprint density at radius 3 is 2.88 bits per heavy atom. The van der Waals surface area contributed by atoms with Gasteiger partial charge in [0.2, 0.25) is 0 Å². The smallest absolute Gasteiger partial charge is 0.157 e. The third-order valence-corrected chi connectivity index (χ3v) is 5.26. The third kappa shape index (κ3) is 4.63. The average Bonchev–Trinajstić information content (AvgIpc) is 3.43. The molecule has 0 radical (unpaired) electrons. The molecule has 0 amide bonds. The van der Waals surface area contributed by atoms with Crippen molar-refractivity contribution in [2.24, 2.45) is 0 Å². The van der Waals surface area contributed by atoms with E-state index in [0.717, 1.165) is 51.6 Å². The molecule has 1 saturated heterocycles. The standard InChI is InChI=1S/C21H30N2O2/c1-2-8-20-19(7-1)17(15-22-18-10-11-18)16-23(20)12-4-6-14-25-21-9-3-5-13-24-21/h1-2,7-8,16,18,21-22H,3-6,9-15H2. The van der Waals surface area contributed by atoms with Crippen molar-refractivity contribution in [2.75, 3.05) is 13.2 Å². The van der Waals surface area contributed by atoms with E-state index in [4.69, 9.17) is 9.47 Å². The fourth-order valence-electron chi connectivity index (χ4n) is 3.63. The molecule has 0 bridgehead atoms. The van der Waals surface area contributed by atoms with Crippen molar-refractivity contribution in [2.45, 2.75) is 70.4 Å². The van der Waals surface area contributed by atoms with Crippen LogP contribution >= 0.6 is 0 Å². The molecule has 1 aliphatic carbocycles. The molecule has 1 saturated carbocycles. The summed E-state index contributed by atoms with van der Waals surface area (Å²) in [5, 5.41) is 5.04. The molecule has 2 heterocycles. The van der Waals surface area contributed by atoms with Gasteiger partial charge in [-0.2, -0.15) is 0 Å². The van der Waals surface area contributed by atoms with Crippen LogP contribution < -0.4 is 5.32 Å². The fraction of sp³-hybridized carbons (Fsp3) is 0.619. The van der Waals surface area contributed by atoms with Gasteiger partial charge in [0.15, 0.2) is 6.29 Å². The lowest BCUT2D eigenvalue weighted by Gasteiger charge is -2.22. The second kappa shape index (κ2) is 8.35. The van der Waals surface area contributed by atoms with Crippen LogP contribution in [0.25, 0.3) is 10.9 Å². The number of unbranched alkanes of at least 4 members (excludes halogenated alkanes) is 1. The number of aromatic nitrogens is 1. The van der Waals surface area contributed by atoms with Crippen molar-refractivity contribution < 1.29 is 9.47 Å². The zero-order valence-corrected chi connectivity index (χ0v) is 15.1. The van der Waals surface area contributed by atoms with Gasteiger partial charge in [0.1, 0.15) is 0 Å². The van der Waals surface area contributed by atoms with Crippen LogP contribution in [0.2, 0.25) is 0 Å². The van der Waals surface area contributed by atoms with Gasteiger partial charge >= 0.3 is 0 Å². The van der Waals surface area contributed by atoms with E-state index < -0.39 is 0 Å². The number of para-hydroxylation sites is 1. The molecule has 1 atom stereocenters. The first-order valence-electron chi connectivity index (χ1n) is 9.93. The fourth-order valence-corrected chi connectivity index (χ4v) is 3.63. The quantitative estimate of drug-likeness (QED) is 0.693. The largest absolute Gasteiger partial charge is 0.353 e. The van der Waals surface area contributed by atoms with E-state index in [9.17, 15) is 0 Å². The maximum absolute atomic E-state index is 5.84. The lowest BCUT2D eigenvalue weighted by Crippen LogP contribution is -2.22. The highest BCUT2D eigenvalue weighted by atomic mass is 16.7. The summed E-state index contributed by atoms with van der Waals surface area (Å²) in [5.41, 5.74) is 2.78. The highest BCUT2D eigenvalue weighted by Crippen LogP contribution is 2.24. The van der Waals surface area contributed by atoms with E-state index in [-0.39, 0.29) is 6.29 Å². The Labute approximate surface area is 150 Å². The molecule has 4 rings (SSSR count). The molecule has 2 fully saturated rings. The molecular formula is C21H30N2O2. The molecule has 2 aliphatic rings. The van der Waals surface area contributed by atoms with Crippen LogP contribution in [-0.2, 0) is 22.6 Å². The van der Waals surface area contributed by atoms with Gasteiger partial charge in [0.05, 0.1) is 0 Å². The summed E-state index contributed by atoms with van der Waals surface area (Å²) in [4.78, 5) is 0. The lowest BCUT2D eigenvalue weighted by atomic mass is 10.2. The normalized spacial score (nSPS) is 21.0. The monoisotopic (exact) mass is 342 g/mol. The summed E-state index contributed by atoms with van der Waals surface area (Å²) in [7, 11) is 0. The Kier molecular flexibility index (Phi) is 5.70. The van der Waals surface area contributed by atoms with Crippen LogP contribution in [0, 0.1) is 0 Å². The zero-order chi connectivity index (χ0) is 16.9. The first kappa shape index (κ1) is 17.1. The molecule has 2 aromatic rings. The predicted molar refractivity (Wildman–Crippen MR) is 101 cm³/mol. The van der Waals surface area contributed by atoms with E-state index in [0.29, 0.717) is 0 Å². The minimum atomic E-state index is 0.0428. The lowest BCUT2D eigenvalue weighted by molar-refractivity contribution is -0.162. The topological polar surface area (TPSA) is 35.4 Å². The molecular weight excluding hydrogens is 312 g/mol. The number of hydrogen-bond donors (Lipinski definition) is 1. The van der Waals surface area contributed by atoms with Crippen LogP contribution in [0.15, 0.2) is 30.5 Å². The highest BCUT2D eigenvalue weighted by molar-refractivity contribution is 5.83. The van der Waals surface area contributed by atoms with Crippen molar-refractivity contribution in [3.8, 4) is 0 Å². The molecule has 1 N–H and O–H groups in total. The van der Waals surface area contributed by atoms with Crippen molar-refractivity contribution in [1.29, 1.82) is 0 Å². The molecule has 4 nitrogen and oxygen atoms in total. The first-order valence-corrected chi connectivity index (χ1v) is 9.93. The second-order valence-corrected chi connectivity index (χ2v) is 7.39. The van der Waals surface area contributed by atoms with E-state index >= 15 is 0 Å². The number of nitrogens with one attached hydrogen (secondary N) is 1. The van der Waals surface area contributed by atoms with Gasteiger partial charge in [-0.05, 0) is 56.6 Å². The number of fused-ring (bicyclic) bond motifs is 1. The summed E-state index contributed by atoms with van der Waals surface area (Å²) >= 11 is 0. The van der Waals surface area contributed by atoms with Gasteiger partial charge in [-0.15, -0.1) is 0 Å². The van der Waals surface area contributed by atoms with E-state index in [2.05, 4.69) is 40.3 Å². The number of benzene rings is 1. The first-order chi connectivity index (χ1) is 12.4. The summed E-state index contributed by atoms with van der Waals surface area (Å²) in [6.07, 6.45) is 10.7. The second-order valence-electron chi connectivity index (χ2n) is 7.39. The van der Waals surface area contributed by atoms with Crippen LogP contribution in [0.3, 0.4) is 0 Å². The number of ether oxygens (including phenoxy) is 2. The van der Waals surface area contributed by atoms with Crippen LogP contribution in [0.5, 0.6) is 0 Å². The van der Waals surface area contributed by atoms with Gasteiger partial charge < -0.3 is 19.4 Å². The summed E-state index contributed by atoms with van der Waals surface area (Å²) < 4.78 is 13.9. The van der Waals surface area contributed by atoms with Gasteiger partial charge in [0.25, 0.3) is 0 Å². The number of aryl methyl sites for hydroxylation is 1. The van der Waals surface area contributed by atoms with Gasteiger partial charge in [-0.25, -0.2) is 0 Å². The Morgan fingerprint density at radius 1 is 1.12 bits per heavy atom. The Bertz CT molecular complexity index is 672. The van der Waals surface area contributed by atoms with Crippen molar-refractivity contribution >= 4 is 10.9 Å². The SMILES string of the molecule is c1ccc2c(c1)c(CNC1CC1)cn2CCCCOC1CCCCO1. The maximum atomic E-state index is 5.84. The van der Waals surface area contributed by atoms with Gasteiger partial charge in [-0.1, -0.05) is 18.2 Å². The van der Waals surface area contributed by atoms with Gasteiger partial charge in [-0.3, -0.25) is 0 Å². The average molecular weight is 342 g/mol. The Balaban J connectivity index is 1.28. The van der Waals surface area contributed by atoms with Crippen LogP contribution in [0.1, 0.15) is 50.5 Å². The molecule has 1 aromatic carbocycles. The minimum absolute atomic E-state index is 0.0428. The Morgan fingerprint density at radius 2 is 2.04 bits per heavy atom. The van der Waals surface area contributed by atoms with E-state index in [1.165, 1.54) is 42.1 Å². The maximum Gasteiger partial charge on any atom is 0.157 e. The van der Waals surface area contributed by atoms with Gasteiger partial charge in [0, 0.05) is 49.4 Å². The molecule has 1 aromatic heterocycles. The van der Waals surface area contributed by atoms with Crippen molar-refractivity contribution in [3.63, 3.8) is 0 Å². The van der Waals surface area contributed by atoms with Crippen LogP contribution in [0.4, 0.5) is 0 Å². The van der Waals surface area contributed by atoms with E-state index in [1.54, 1.807) is 0 Å². The van der Waals surface area contributed by atoms with Crippen molar-refractivity contribution in [3.05, 3.63) is 36.0 Å². The molecule has 136 valence electrons. The molecule has 1 unspecified atom stereocenters. The molecule has 0 spiro atoms. The number of nitrogens with zero attached hydrogens (tertiary/aromatic N) is 1. The molecule has 4 heteroatoms. The summed E-state index contributed by atoms with van der Waals surface area (Å²) in [6, 6.07) is 9.52. The predicted octanol–water partition coefficient (Wildman–Crippen LogP) is 4.22. The summed E-state index contributed by atoms with van der Waals surface area (Å²) in [6.45, 7) is 3.71. The molecule has 1 aliphatic heterocycles. The minimum Gasteiger partial charge on any atom is -0.353 e. The van der Waals surface area contributed by atoms with Crippen molar-refractivity contribution in [1.82, 2.24) is 9.88 Å². The summed E-state index contributed by atoms with van der Waals surface area (Å²) in [5.74, 6) is 0.